The Morgan fingerprint density at radius 1 is 1.20 bits per heavy atom. The van der Waals surface area contributed by atoms with E-state index in [2.05, 4.69) is 26.2 Å². The molecule has 100 valence electrons. The zero-order valence-corrected chi connectivity index (χ0v) is 12.1. The minimum Gasteiger partial charge on any atom is -0.444 e. The van der Waals surface area contributed by atoms with Gasteiger partial charge in [0, 0.05) is 18.1 Å². The standard InChI is InChI=1S/C15H11BrN2O2/c16-14-6-5-13(20-14)15(19)18-9-10-7-8-17-12-4-2-1-3-11(10)12/h1-8H,9H2,(H,18,19). The maximum Gasteiger partial charge on any atom is 0.287 e. The summed E-state index contributed by atoms with van der Waals surface area (Å²) in [6.45, 7) is 0.431. The van der Waals surface area contributed by atoms with Crippen LogP contribution in [0.4, 0.5) is 0 Å². The molecule has 0 saturated heterocycles. The maximum absolute atomic E-state index is 11.9. The normalized spacial score (nSPS) is 10.7. The van der Waals surface area contributed by atoms with Gasteiger partial charge in [-0.05, 0) is 45.8 Å². The number of halogens is 1. The van der Waals surface area contributed by atoms with Gasteiger partial charge in [0.1, 0.15) is 0 Å². The first kappa shape index (κ1) is 12.9. The molecule has 0 fully saturated rings. The van der Waals surface area contributed by atoms with Gasteiger partial charge in [0.05, 0.1) is 5.52 Å². The fraction of sp³-hybridized carbons (Fsp3) is 0.0667. The maximum atomic E-state index is 11.9. The van der Waals surface area contributed by atoms with E-state index in [0.29, 0.717) is 11.2 Å². The Bertz CT molecular complexity index is 762. The lowest BCUT2D eigenvalue weighted by atomic mass is 10.1. The van der Waals surface area contributed by atoms with Crippen molar-refractivity contribution in [1.82, 2.24) is 10.3 Å². The van der Waals surface area contributed by atoms with E-state index >= 15 is 0 Å². The summed E-state index contributed by atoms with van der Waals surface area (Å²) in [5, 5.41) is 3.88. The predicted octanol–water partition coefficient (Wildman–Crippen LogP) is 3.52. The van der Waals surface area contributed by atoms with Crippen LogP contribution in [0.1, 0.15) is 16.1 Å². The third kappa shape index (κ3) is 2.58. The van der Waals surface area contributed by atoms with Crippen molar-refractivity contribution in [2.75, 3.05) is 0 Å². The van der Waals surface area contributed by atoms with Crippen molar-refractivity contribution in [3.05, 3.63) is 64.7 Å². The minimum atomic E-state index is -0.239. The molecule has 0 radical (unpaired) electrons. The van der Waals surface area contributed by atoms with Gasteiger partial charge in [0.2, 0.25) is 0 Å². The number of nitrogens with one attached hydrogen (secondary N) is 1. The number of carbonyl (C=O) groups excluding carboxylic acids is 1. The first-order chi connectivity index (χ1) is 9.74. The number of nitrogens with zero attached hydrogens (tertiary/aromatic N) is 1. The van der Waals surface area contributed by atoms with Crippen LogP contribution in [0.5, 0.6) is 0 Å². The van der Waals surface area contributed by atoms with Gasteiger partial charge in [0.15, 0.2) is 10.4 Å². The van der Waals surface area contributed by atoms with Crippen molar-refractivity contribution in [3.8, 4) is 0 Å². The average Bonchev–Trinajstić information content (AvgIpc) is 2.91. The van der Waals surface area contributed by atoms with Gasteiger partial charge in [-0.15, -0.1) is 0 Å². The number of rotatable bonds is 3. The molecule has 5 heteroatoms. The Balaban J connectivity index is 1.79. The van der Waals surface area contributed by atoms with Crippen LogP contribution in [0.2, 0.25) is 0 Å². The lowest BCUT2D eigenvalue weighted by Gasteiger charge is -2.06. The van der Waals surface area contributed by atoms with E-state index in [9.17, 15) is 4.79 Å². The molecular weight excluding hydrogens is 320 g/mol. The highest BCUT2D eigenvalue weighted by Crippen LogP contribution is 2.17. The number of carbonyl (C=O) groups is 1. The van der Waals surface area contributed by atoms with Gasteiger partial charge < -0.3 is 9.73 Å². The quantitative estimate of drug-likeness (QED) is 0.799. The molecule has 0 spiro atoms. The van der Waals surface area contributed by atoms with Crippen LogP contribution in [0.3, 0.4) is 0 Å². The zero-order chi connectivity index (χ0) is 13.9. The first-order valence-electron chi connectivity index (χ1n) is 6.10. The van der Waals surface area contributed by atoms with E-state index in [1.807, 2.05) is 30.3 Å². The van der Waals surface area contributed by atoms with Crippen LogP contribution in [0, 0.1) is 0 Å². The van der Waals surface area contributed by atoms with E-state index in [-0.39, 0.29) is 11.7 Å². The summed E-state index contributed by atoms with van der Waals surface area (Å²) in [5.41, 5.74) is 1.94. The molecule has 0 aliphatic rings. The molecule has 0 aliphatic heterocycles. The largest absolute Gasteiger partial charge is 0.444 e. The van der Waals surface area contributed by atoms with Gasteiger partial charge in [-0.3, -0.25) is 9.78 Å². The Morgan fingerprint density at radius 3 is 2.85 bits per heavy atom. The summed E-state index contributed by atoms with van der Waals surface area (Å²) in [6, 6.07) is 13.1. The minimum absolute atomic E-state index is 0.239. The van der Waals surface area contributed by atoms with Gasteiger partial charge in [0.25, 0.3) is 5.91 Å². The first-order valence-corrected chi connectivity index (χ1v) is 6.89. The highest BCUT2D eigenvalue weighted by Gasteiger charge is 2.10. The molecule has 1 N–H and O–H groups in total. The topological polar surface area (TPSA) is 55.1 Å². The number of benzene rings is 1. The zero-order valence-electron chi connectivity index (χ0n) is 10.5. The molecule has 0 bridgehead atoms. The van der Waals surface area contributed by atoms with Crippen LogP contribution < -0.4 is 5.32 Å². The second-order valence-electron chi connectivity index (χ2n) is 4.27. The third-order valence-corrected chi connectivity index (χ3v) is 3.40. The van der Waals surface area contributed by atoms with Crippen molar-refractivity contribution in [1.29, 1.82) is 0 Å². The molecule has 0 atom stereocenters. The molecule has 3 aromatic rings. The smallest absolute Gasteiger partial charge is 0.287 e. The summed E-state index contributed by atoms with van der Waals surface area (Å²) >= 11 is 3.17. The summed E-state index contributed by atoms with van der Waals surface area (Å²) in [4.78, 5) is 16.2. The van der Waals surface area contributed by atoms with Gasteiger partial charge in [-0.2, -0.15) is 0 Å². The number of aromatic nitrogens is 1. The lowest BCUT2D eigenvalue weighted by molar-refractivity contribution is 0.0922. The molecule has 3 rings (SSSR count). The van der Waals surface area contributed by atoms with Crippen molar-refractivity contribution < 1.29 is 9.21 Å². The molecule has 2 aromatic heterocycles. The molecule has 2 heterocycles. The van der Waals surface area contributed by atoms with Crippen LogP contribution >= 0.6 is 15.9 Å². The highest BCUT2D eigenvalue weighted by molar-refractivity contribution is 9.10. The van der Waals surface area contributed by atoms with Gasteiger partial charge in [-0.1, -0.05) is 18.2 Å². The van der Waals surface area contributed by atoms with E-state index in [0.717, 1.165) is 16.5 Å². The number of pyridine rings is 1. The summed E-state index contributed by atoms with van der Waals surface area (Å²) in [7, 11) is 0. The van der Waals surface area contributed by atoms with Gasteiger partial charge in [-0.25, -0.2) is 0 Å². The summed E-state index contributed by atoms with van der Waals surface area (Å²) in [6.07, 6.45) is 1.74. The Labute approximate surface area is 123 Å². The lowest BCUT2D eigenvalue weighted by Crippen LogP contribution is -2.22. The van der Waals surface area contributed by atoms with Crippen molar-refractivity contribution in [2.24, 2.45) is 0 Å². The fourth-order valence-electron chi connectivity index (χ4n) is 2.01. The molecule has 1 aromatic carbocycles. The number of para-hydroxylation sites is 1. The summed E-state index contributed by atoms with van der Waals surface area (Å²) in [5.74, 6) is 0.0480. The van der Waals surface area contributed by atoms with Crippen molar-refractivity contribution in [2.45, 2.75) is 6.54 Å². The second-order valence-corrected chi connectivity index (χ2v) is 5.06. The number of furan rings is 1. The highest BCUT2D eigenvalue weighted by atomic mass is 79.9. The van der Waals surface area contributed by atoms with E-state index in [1.54, 1.807) is 18.3 Å². The Kier molecular flexibility index (Phi) is 3.52. The van der Waals surface area contributed by atoms with Crippen LogP contribution in [-0.4, -0.2) is 10.9 Å². The van der Waals surface area contributed by atoms with Crippen molar-refractivity contribution in [3.63, 3.8) is 0 Å². The fourth-order valence-corrected chi connectivity index (χ4v) is 2.31. The third-order valence-electron chi connectivity index (χ3n) is 2.98. The molecular formula is C15H11BrN2O2. The summed E-state index contributed by atoms with van der Waals surface area (Å²) < 4.78 is 5.75. The number of hydrogen-bond donors (Lipinski definition) is 1. The van der Waals surface area contributed by atoms with Crippen molar-refractivity contribution >= 4 is 32.7 Å². The van der Waals surface area contributed by atoms with E-state index in [4.69, 9.17) is 4.42 Å². The number of fused-ring (bicyclic) bond motifs is 1. The van der Waals surface area contributed by atoms with Crippen LogP contribution in [-0.2, 0) is 6.54 Å². The molecule has 20 heavy (non-hydrogen) atoms. The molecule has 0 unspecified atom stereocenters. The Hall–Kier alpha value is -2.14. The van der Waals surface area contributed by atoms with E-state index < -0.39 is 0 Å². The molecule has 4 nitrogen and oxygen atoms in total. The second kappa shape index (κ2) is 5.46. The van der Waals surface area contributed by atoms with Crippen LogP contribution in [0.15, 0.2) is 57.7 Å². The monoisotopic (exact) mass is 330 g/mol. The molecule has 0 saturated carbocycles. The number of amides is 1. The number of hydrogen-bond acceptors (Lipinski definition) is 3. The Morgan fingerprint density at radius 2 is 2.05 bits per heavy atom. The van der Waals surface area contributed by atoms with E-state index in [1.165, 1.54) is 0 Å². The molecule has 1 amide bonds. The SMILES string of the molecule is O=C(NCc1ccnc2ccccc12)c1ccc(Br)o1. The average molecular weight is 331 g/mol. The van der Waals surface area contributed by atoms with Gasteiger partial charge >= 0.3 is 0 Å². The van der Waals surface area contributed by atoms with Crippen LogP contribution in [0.25, 0.3) is 10.9 Å². The molecule has 0 aliphatic carbocycles. The predicted molar refractivity (Wildman–Crippen MR) is 79.3 cm³/mol.